The molecule has 0 radical (unpaired) electrons. The van der Waals surface area contributed by atoms with E-state index in [2.05, 4.69) is 15.2 Å². The topological polar surface area (TPSA) is 54.5 Å². The van der Waals surface area contributed by atoms with Crippen LogP contribution in [0.15, 0.2) is 42.6 Å². The molecular weight excluding hydrogens is 369 g/mol. The predicted molar refractivity (Wildman–Crippen MR) is 112 cm³/mol. The highest BCUT2D eigenvalue weighted by Crippen LogP contribution is 2.22. The van der Waals surface area contributed by atoms with Gasteiger partial charge in [0.2, 0.25) is 5.91 Å². The molecule has 6 heteroatoms. The molecule has 5 nitrogen and oxygen atoms in total. The van der Waals surface area contributed by atoms with Crippen LogP contribution in [-0.4, -0.2) is 35.0 Å². The Hall–Kier alpha value is -2.31. The van der Waals surface area contributed by atoms with Crippen molar-refractivity contribution in [1.82, 2.24) is 9.88 Å². The average Bonchev–Trinajstić information content (AvgIpc) is 3.17. The van der Waals surface area contributed by atoms with Crippen LogP contribution < -0.4 is 5.32 Å². The number of hydrogen-bond acceptors (Lipinski definition) is 4. The molecule has 156 valence electrons. The molecule has 0 bridgehead atoms. The molecular formula is C23H30FN3O2. The fourth-order valence-corrected chi connectivity index (χ4v) is 3.32. The Morgan fingerprint density at radius 1 is 1.24 bits per heavy atom. The van der Waals surface area contributed by atoms with E-state index < -0.39 is 5.41 Å². The highest BCUT2D eigenvalue weighted by atomic mass is 19.1. The van der Waals surface area contributed by atoms with Crippen LogP contribution in [0.1, 0.15) is 44.7 Å². The molecule has 1 N–H and O–H groups in total. The fourth-order valence-electron chi connectivity index (χ4n) is 3.32. The lowest BCUT2D eigenvalue weighted by Gasteiger charge is -2.26. The van der Waals surface area contributed by atoms with E-state index in [4.69, 9.17) is 4.74 Å². The second kappa shape index (κ2) is 9.46. The molecule has 0 aliphatic carbocycles. The van der Waals surface area contributed by atoms with Gasteiger partial charge in [-0.2, -0.15) is 0 Å². The smallest absolute Gasteiger partial charge is 0.230 e. The predicted octanol–water partition coefficient (Wildman–Crippen LogP) is 4.39. The number of carbonyl (C=O) groups is 1. The van der Waals surface area contributed by atoms with Crippen molar-refractivity contribution in [2.75, 3.05) is 18.5 Å². The second-order valence-electron chi connectivity index (χ2n) is 8.65. The Morgan fingerprint density at radius 2 is 2.00 bits per heavy atom. The highest BCUT2D eigenvalue weighted by molar-refractivity contribution is 5.94. The summed E-state index contributed by atoms with van der Waals surface area (Å²) >= 11 is 0. The minimum absolute atomic E-state index is 0.0679. The van der Waals surface area contributed by atoms with Crippen molar-refractivity contribution in [3.63, 3.8) is 0 Å². The van der Waals surface area contributed by atoms with E-state index in [0.717, 1.165) is 37.1 Å². The molecule has 1 fully saturated rings. The van der Waals surface area contributed by atoms with E-state index >= 15 is 0 Å². The maximum absolute atomic E-state index is 13.3. The van der Waals surface area contributed by atoms with Crippen molar-refractivity contribution < 1.29 is 13.9 Å². The van der Waals surface area contributed by atoms with E-state index in [-0.39, 0.29) is 17.8 Å². The number of carbonyl (C=O) groups excluding carboxylic acids is 1. The third kappa shape index (κ3) is 6.34. The van der Waals surface area contributed by atoms with Gasteiger partial charge in [0.1, 0.15) is 11.6 Å². The summed E-state index contributed by atoms with van der Waals surface area (Å²) in [5.74, 6) is 0.282. The summed E-state index contributed by atoms with van der Waals surface area (Å²) in [6.07, 6.45) is 4.00. The number of pyridine rings is 1. The first kappa shape index (κ1) is 21.4. The SMILES string of the molecule is CC(C)(C)C(=O)Nc1ncccc1CN(Cc1ccc(F)cc1)C[C@@H]1CCCO1. The highest BCUT2D eigenvalue weighted by Gasteiger charge is 2.24. The summed E-state index contributed by atoms with van der Waals surface area (Å²) in [4.78, 5) is 19.1. The van der Waals surface area contributed by atoms with E-state index in [1.54, 1.807) is 6.20 Å². The Balaban J connectivity index is 1.77. The lowest BCUT2D eigenvalue weighted by atomic mass is 9.95. The first-order valence-electron chi connectivity index (χ1n) is 10.1. The summed E-state index contributed by atoms with van der Waals surface area (Å²) in [5.41, 5.74) is 1.49. The zero-order valence-electron chi connectivity index (χ0n) is 17.5. The zero-order chi connectivity index (χ0) is 20.9. The van der Waals surface area contributed by atoms with Crippen molar-refractivity contribution >= 4 is 11.7 Å². The maximum Gasteiger partial charge on any atom is 0.230 e. The second-order valence-corrected chi connectivity index (χ2v) is 8.65. The first-order chi connectivity index (χ1) is 13.8. The minimum Gasteiger partial charge on any atom is -0.377 e. The molecule has 1 amide bonds. The van der Waals surface area contributed by atoms with E-state index in [1.807, 2.05) is 45.0 Å². The number of aromatic nitrogens is 1. The molecule has 0 saturated carbocycles. The monoisotopic (exact) mass is 399 g/mol. The van der Waals surface area contributed by atoms with Gasteiger partial charge in [0.15, 0.2) is 0 Å². The molecule has 29 heavy (non-hydrogen) atoms. The van der Waals surface area contributed by atoms with Gasteiger partial charge in [-0.3, -0.25) is 9.69 Å². The number of ether oxygens (including phenoxy) is 1. The number of hydrogen-bond donors (Lipinski definition) is 1. The Bertz CT molecular complexity index is 812. The van der Waals surface area contributed by atoms with Gasteiger partial charge in [-0.15, -0.1) is 0 Å². The molecule has 3 rings (SSSR count). The van der Waals surface area contributed by atoms with Gasteiger partial charge in [0.05, 0.1) is 6.10 Å². The zero-order valence-corrected chi connectivity index (χ0v) is 17.5. The summed E-state index contributed by atoms with van der Waals surface area (Å²) in [7, 11) is 0. The van der Waals surface area contributed by atoms with Gasteiger partial charge in [-0.1, -0.05) is 39.0 Å². The van der Waals surface area contributed by atoms with Crippen molar-refractivity contribution in [1.29, 1.82) is 0 Å². The molecule has 1 aliphatic rings. The van der Waals surface area contributed by atoms with E-state index in [0.29, 0.717) is 18.9 Å². The van der Waals surface area contributed by atoms with Gasteiger partial charge < -0.3 is 10.1 Å². The lowest BCUT2D eigenvalue weighted by Crippen LogP contribution is -2.33. The van der Waals surface area contributed by atoms with Gasteiger partial charge in [-0.05, 0) is 36.6 Å². The van der Waals surface area contributed by atoms with Crippen molar-refractivity contribution in [3.05, 3.63) is 59.5 Å². The van der Waals surface area contributed by atoms with Crippen LogP contribution in [0.4, 0.5) is 10.2 Å². The Morgan fingerprint density at radius 3 is 2.66 bits per heavy atom. The number of rotatable bonds is 7. The van der Waals surface area contributed by atoms with Crippen LogP contribution in [0.2, 0.25) is 0 Å². The van der Waals surface area contributed by atoms with Crippen LogP contribution in [0.25, 0.3) is 0 Å². The van der Waals surface area contributed by atoms with Crippen LogP contribution in [0.5, 0.6) is 0 Å². The van der Waals surface area contributed by atoms with Gasteiger partial charge >= 0.3 is 0 Å². The van der Waals surface area contributed by atoms with Crippen LogP contribution in [0, 0.1) is 11.2 Å². The standard InChI is InChI=1S/C23H30FN3O2/c1-23(2,3)22(28)26-21-18(6-4-12-25-21)15-27(16-20-7-5-13-29-20)14-17-8-10-19(24)11-9-17/h4,6,8-12,20H,5,7,13-16H2,1-3H3,(H,25,26,28)/t20-/m0/s1. The van der Waals surface area contributed by atoms with E-state index in [9.17, 15) is 9.18 Å². The van der Waals surface area contributed by atoms with Crippen molar-refractivity contribution in [2.24, 2.45) is 5.41 Å². The molecule has 0 spiro atoms. The summed E-state index contributed by atoms with van der Waals surface area (Å²) in [6.45, 7) is 8.50. The number of nitrogens with one attached hydrogen (secondary N) is 1. The quantitative estimate of drug-likeness (QED) is 0.750. The molecule has 2 aromatic rings. The van der Waals surface area contributed by atoms with Gasteiger partial charge in [0, 0.05) is 43.4 Å². The Kier molecular flexibility index (Phi) is 6.98. The van der Waals surface area contributed by atoms with Gasteiger partial charge in [0.25, 0.3) is 0 Å². The van der Waals surface area contributed by atoms with Crippen LogP contribution >= 0.6 is 0 Å². The molecule has 1 aliphatic heterocycles. The summed E-state index contributed by atoms with van der Waals surface area (Å²) in [5, 5.41) is 2.96. The minimum atomic E-state index is -0.500. The Labute approximate surface area is 172 Å². The molecule has 1 aromatic heterocycles. The molecule has 0 unspecified atom stereocenters. The van der Waals surface area contributed by atoms with Crippen molar-refractivity contribution in [3.8, 4) is 0 Å². The lowest BCUT2D eigenvalue weighted by molar-refractivity contribution is -0.123. The molecule has 1 saturated heterocycles. The number of halogens is 1. The molecule has 1 atom stereocenters. The maximum atomic E-state index is 13.3. The summed E-state index contributed by atoms with van der Waals surface area (Å²) < 4.78 is 19.1. The normalized spacial score (nSPS) is 16.9. The third-order valence-corrected chi connectivity index (χ3v) is 5.00. The first-order valence-corrected chi connectivity index (χ1v) is 10.1. The molecule has 1 aromatic carbocycles. The number of anilines is 1. The molecule has 2 heterocycles. The van der Waals surface area contributed by atoms with Gasteiger partial charge in [-0.25, -0.2) is 9.37 Å². The fraction of sp³-hybridized carbons (Fsp3) is 0.478. The number of amides is 1. The summed E-state index contributed by atoms with van der Waals surface area (Å²) in [6, 6.07) is 10.5. The van der Waals surface area contributed by atoms with Crippen molar-refractivity contribution in [2.45, 2.75) is 52.8 Å². The average molecular weight is 400 g/mol. The number of nitrogens with zero attached hydrogens (tertiary/aromatic N) is 2. The van der Waals surface area contributed by atoms with E-state index in [1.165, 1.54) is 12.1 Å². The third-order valence-electron chi connectivity index (χ3n) is 5.00. The number of benzene rings is 1. The van der Waals surface area contributed by atoms with Crippen LogP contribution in [0.3, 0.4) is 0 Å². The largest absolute Gasteiger partial charge is 0.377 e. The van der Waals surface area contributed by atoms with Crippen LogP contribution in [-0.2, 0) is 22.6 Å².